The molecule has 2 aliphatic rings. The maximum Gasteiger partial charge on any atom is 0.124 e. The topological polar surface area (TPSA) is 12.5 Å². The number of benzene rings is 3. The molecule has 192 valence electrons. The van der Waals surface area contributed by atoms with Gasteiger partial charge in [0, 0.05) is 25.6 Å². The summed E-state index contributed by atoms with van der Waals surface area (Å²) in [5, 5.41) is 0.359. The Morgan fingerprint density at radius 2 is 1.73 bits per heavy atom. The molecule has 1 fully saturated rings. The van der Waals surface area contributed by atoms with Crippen LogP contribution in [0.3, 0.4) is 0 Å². The predicted octanol–water partition coefficient (Wildman–Crippen LogP) is 7.86. The number of rotatable bonds is 9. The van der Waals surface area contributed by atoms with Crippen LogP contribution in [0.15, 0.2) is 66.2 Å². The number of allylic oxidation sites excluding steroid dienone is 3. The van der Waals surface area contributed by atoms with Crippen LogP contribution in [0.5, 0.6) is 5.75 Å². The molecule has 37 heavy (non-hydrogen) atoms. The first-order chi connectivity index (χ1) is 17.9. The highest BCUT2D eigenvalue weighted by atomic mass is 35.5. The molecule has 0 radical (unpaired) electrons. The summed E-state index contributed by atoms with van der Waals surface area (Å²) in [6.45, 7) is 4.69. The van der Waals surface area contributed by atoms with Gasteiger partial charge in [0.1, 0.15) is 24.0 Å². The molecule has 6 heteroatoms. The third-order valence-corrected chi connectivity index (χ3v) is 7.43. The molecule has 3 aromatic rings. The average molecular weight is 524 g/mol. The van der Waals surface area contributed by atoms with E-state index in [2.05, 4.69) is 11.8 Å². The molecule has 0 aromatic heterocycles. The predicted molar refractivity (Wildman–Crippen MR) is 144 cm³/mol. The lowest BCUT2D eigenvalue weighted by atomic mass is 9.87. The Hall–Kier alpha value is -3.02. The maximum atomic E-state index is 13.9. The van der Waals surface area contributed by atoms with Gasteiger partial charge in [0.15, 0.2) is 0 Å². The number of fused-ring (bicyclic) bond motifs is 1. The fourth-order valence-corrected chi connectivity index (χ4v) is 5.50. The lowest BCUT2D eigenvalue weighted by molar-refractivity contribution is 0.0668. The highest BCUT2D eigenvalue weighted by molar-refractivity contribution is 6.32. The zero-order valence-electron chi connectivity index (χ0n) is 20.7. The molecule has 0 atom stereocenters. The van der Waals surface area contributed by atoms with Crippen LogP contribution in [-0.4, -0.2) is 37.8 Å². The fraction of sp³-hybridized carbons (Fsp3) is 0.290. The summed E-state index contributed by atoms with van der Waals surface area (Å²) in [7, 11) is 0. The summed E-state index contributed by atoms with van der Waals surface area (Å²) >= 11 is 6.51. The second-order valence-corrected chi connectivity index (χ2v) is 10.1. The smallest absolute Gasteiger partial charge is 0.124 e. The third-order valence-electron chi connectivity index (χ3n) is 7.12. The largest absolute Gasteiger partial charge is 0.492 e. The van der Waals surface area contributed by atoms with Crippen LogP contribution < -0.4 is 4.74 Å². The molecular weight excluding hydrogens is 495 g/mol. The van der Waals surface area contributed by atoms with Gasteiger partial charge in [-0.15, -0.1) is 0 Å². The van der Waals surface area contributed by atoms with Crippen LogP contribution in [0.1, 0.15) is 35.6 Å². The number of hydrogen-bond donors (Lipinski definition) is 0. The third kappa shape index (κ3) is 5.63. The minimum atomic E-state index is -0.381. The summed E-state index contributed by atoms with van der Waals surface area (Å²) in [5.74, 6) is 0.279. The van der Waals surface area contributed by atoms with Crippen molar-refractivity contribution < 1.29 is 17.9 Å². The van der Waals surface area contributed by atoms with E-state index >= 15 is 0 Å². The molecule has 0 amide bonds. The van der Waals surface area contributed by atoms with Gasteiger partial charge in [-0.25, -0.2) is 8.78 Å². The Bertz CT molecular complexity index is 1340. The normalized spacial score (nSPS) is 16.2. The van der Waals surface area contributed by atoms with Crippen molar-refractivity contribution in [3.8, 4) is 5.75 Å². The van der Waals surface area contributed by atoms with Crippen molar-refractivity contribution in [2.45, 2.75) is 19.8 Å². The second-order valence-electron chi connectivity index (χ2n) is 9.67. The molecule has 0 bridgehead atoms. The van der Waals surface area contributed by atoms with Gasteiger partial charge >= 0.3 is 0 Å². The standard InChI is InChI=1S/C31H29ClF3NO/c1-2-28(29-10-7-26(35)16-30(29)32)31(24-13-22-3-6-25(34)15-23(22)14-24)21-4-8-27(9-5-21)37-12-11-36-18-20(17-33)19-36/h3-10,14-16,20H,2,11-13,17-19H2,1H3/b31-28+. The zero-order valence-corrected chi connectivity index (χ0v) is 21.5. The Kier molecular flexibility index (Phi) is 7.73. The molecule has 2 nitrogen and oxygen atoms in total. The molecule has 1 aliphatic heterocycles. The van der Waals surface area contributed by atoms with Crippen molar-refractivity contribution in [2.75, 3.05) is 32.9 Å². The number of halogens is 4. The number of nitrogens with zero attached hydrogens (tertiary/aromatic N) is 1. The van der Waals surface area contributed by atoms with Gasteiger partial charge in [-0.1, -0.05) is 48.9 Å². The molecule has 3 aromatic carbocycles. The number of likely N-dealkylation sites (tertiary alicyclic amines) is 1. The van der Waals surface area contributed by atoms with Gasteiger partial charge in [-0.05, 0) is 88.2 Å². The van der Waals surface area contributed by atoms with Crippen LogP contribution >= 0.6 is 11.6 Å². The van der Waals surface area contributed by atoms with E-state index < -0.39 is 0 Å². The molecule has 1 aliphatic carbocycles. The first-order valence-corrected chi connectivity index (χ1v) is 13.0. The molecular formula is C31H29ClF3NO. The van der Waals surface area contributed by atoms with E-state index in [1.165, 1.54) is 18.2 Å². The lowest BCUT2D eigenvalue weighted by Gasteiger charge is -2.37. The van der Waals surface area contributed by atoms with Gasteiger partial charge in [0.05, 0.1) is 11.7 Å². The Morgan fingerprint density at radius 3 is 2.43 bits per heavy atom. The van der Waals surface area contributed by atoms with Gasteiger partial charge in [0.2, 0.25) is 0 Å². The molecule has 0 N–H and O–H groups in total. The van der Waals surface area contributed by atoms with E-state index in [0.717, 1.165) is 64.4 Å². The van der Waals surface area contributed by atoms with E-state index in [4.69, 9.17) is 16.3 Å². The molecule has 5 rings (SSSR count). The van der Waals surface area contributed by atoms with Crippen molar-refractivity contribution in [1.29, 1.82) is 0 Å². The number of ether oxygens (including phenoxy) is 1. The highest BCUT2D eigenvalue weighted by Crippen LogP contribution is 2.42. The van der Waals surface area contributed by atoms with Gasteiger partial charge < -0.3 is 4.74 Å². The average Bonchev–Trinajstić information content (AvgIpc) is 3.27. The van der Waals surface area contributed by atoms with E-state index in [0.29, 0.717) is 24.5 Å². The van der Waals surface area contributed by atoms with Crippen LogP contribution in [0, 0.1) is 17.6 Å². The monoisotopic (exact) mass is 523 g/mol. The summed E-state index contributed by atoms with van der Waals surface area (Å²) in [6.07, 6.45) is 3.38. The van der Waals surface area contributed by atoms with Gasteiger partial charge in [-0.2, -0.15) is 0 Å². The van der Waals surface area contributed by atoms with Crippen LogP contribution in [0.4, 0.5) is 13.2 Å². The summed E-state index contributed by atoms with van der Waals surface area (Å²) in [6, 6.07) is 17.3. The first kappa shape index (κ1) is 25.6. The zero-order chi connectivity index (χ0) is 25.9. The van der Waals surface area contributed by atoms with E-state index in [1.807, 2.05) is 36.4 Å². The van der Waals surface area contributed by atoms with Crippen LogP contribution in [-0.2, 0) is 6.42 Å². The lowest BCUT2D eigenvalue weighted by Crippen LogP contribution is -2.49. The molecule has 0 unspecified atom stereocenters. The molecule has 1 saturated heterocycles. The van der Waals surface area contributed by atoms with Crippen molar-refractivity contribution >= 4 is 28.8 Å². The second kappa shape index (κ2) is 11.2. The summed E-state index contributed by atoms with van der Waals surface area (Å²) in [5.41, 5.74) is 6.77. The SMILES string of the molecule is CC/C(=C(\C1=Cc2cc(F)ccc2C1)c1ccc(OCCN2CC(CF)C2)cc1)c1ccc(F)cc1Cl. The van der Waals surface area contributed by atoms with Gasteiger partial charge in [-0.3, -0.25) is 9.29 Å². The van der Waals surface area contributed by atoms with Crippen molar-refractivity contribution in [3.05, 3.63) is 105 Å². The summed E-state index contributed by atoms with van der Waals surface area (Å²) < 4.78 is 46.3. The molecule has 1 heterocycles. The highest BCUT2D eigenvalue weighted by Gasteiger charge is 2.26. The van der Waals surface area contributed by atoms with E-state index in [-0.39, 0.29) is 24.2 Å². The quantitative estimate of drug-likeness (QED) is 0.265. The van der Waals surface area contributed by atoms with E-state index in [1.54, 1.807) is 12.1 Å². The Balaban J connectivity index is 1.45. The molecule has 0 saturated carbocycles. The fourth-order valence-electron chi connectivity index (χ4n) is 5.22. The van der Waals surface area contributed by atoms with Crippen LogP contribution in [0.2, 0.25) is 5.02 Å². The minimum Gasteiger partial charge on any atom is -0.492 e. The first-order valence-electron chi connectivity index (χ1n) is 12.6. The minimum absolute atomic E-state index is 0.166. The molecule has 0 spiro atoms. The van der Waals surface area contributed by atoms with Crippen LogP contribution in [0.25, 0.3) is 17.2 Å². The Morgan fingerprint density at radius 1 is 1.00 bits per heavy atom. The maximum absolute atomic E-state index is 13.9. The van der Waals surface area contributed by atoms with Crippen molar-refractivity contribution in [1.82, 2.24) is 4.90 Å². The van der Waals surface area contributed by atoms with Crippen molar-refractivity contribution in [2.24, 2.45) is 5.92 Å². The van der Waals surface area contributed by atoms with Crippen molar-refractivity contribution in [3.63, 3.8) is 0 Å². The Labute approximate surface area is 221 Å². The van der Waals surface area contributed by atoms with E-state index in [9.17, 15) is 13.2 Å². The number of alkyl halides is 1. The summed E-state index contributed by atoms with van der Waals surface area (Å²) in [4.78, 5) is 2.19. The van der Waals surface area contributed by atoms with Gasteiger partial charge in [0.25, 0.3) is 0 Å². The number of hydrogen-bond acceptors (Lipinski definition) is 2.